The van der Waals surface area contributed by atoms with Crippen molar-refractivity contribution in [1.29, 1.82) is 0 Å². The van der Waals surface area contributed by atoms with Gasteiger partial charge in [-0.25, -0.2) is 4.68 Å². The van der Waals surface area contributed by atoms with Gasteiger partial charge in [-0.1, -0.05) is 42.5 Å². The van der Waals surface area contributed by atoms with E-state index in [0.29, 0.717) is 23.9 Å². The van der Waals surface area contributed by atoms with Crippen LogP contribution in [0.25, 0.3) is 0 Å². The van der Waals surface area contributed by atoms with Crippen molar-refractivity contribution in [2.45, 2.75) is 6.54 Å². The summed E-state index contributed by atoms with van der Waals surface area (Å²) in [6, 6.07) is 18.9. The Morgan fingerprint density at radius 3 is 2.52 bits per heavy atom. The van der Waals surface area contributed by atoms with E-state index >= 15 is 0 Å². The van der Waals surface area contributed by atoms with Crippen LogP contribution < -0.4 is 14.8 Å². The van der Waals surface area contributed by atoms with Crippen molar-refractivity contribution < 1.29 is 14.3 Å². The van der Waals surface area contributed by atoms with E-state index in [4.69, 9.17) is 9.47 Å². The second-order valence-corrected chi connectivity index (χ2v) is 5.35. The van der Waals surface area contributed by atoms with E-state index in [2.05, 4.69) is 10.4 Å². The summed E-state index contributed by atoms with van der Waals surface area (Å²) in [6.45, 7) is 0.466. The van der Waals surface area contributed by atoms with Gasteiger partial charge >= 0.3 is 0 Å². The Balaban J connectivity index is 1.59. The molecule has 0 aliphatic carbocycles. The Morgan fingerprint density at radius 2 is 1.76 bits per heavy atom. The van der Waals surface area contributed by atoms with Gasteiger partial charge < -0.3 is 14.8 Å². The highest BCUT2D eigenvalue weighted by atomic mass is 16.5. The summed E-state index contributed by atoms with van der Waals surface area (Å²) < 4.78 is 12.5. The molecule has 6 heteroatoms. The van der Waals surface area contributed by atoms with E-state index in [9.17, 15) is 4.79 Å². The number of ether oxygens (including phenoxy) is 2. The molecule has 0 saturated carbocycles. The van der Waals surface area contributed by atoms with Gasteiger partial charge in [0.05, 0.1) is 19.9 Å². The molecule has 0 unspecified atom stereocenters. The fourth-order valence-corrected chi connectivity index (χ4v) is 2.38. The number of carbonyl (C=O) groups excluding carboxylic acids is 1. The summed E-state index contributed by atoms with van der Waals surface area (Å²) >= 11 is 0. The van der Waals surface area contributed by atoms with Crippen LogP contribution >= 0.6 is 0 Å². The Bertz CT molecular complexity index is 831. The smallest absolute Gasteiger partial charge is 0.263 e. The maximum absolute atomic E-state index is 12.2. The van der Waals surface area contributed by atoms with Crippen molar-refractivity contribution >= 4 is 11.7 Å². The Morgan fingerprint density at radius 1 is 1.04 bits per heavy atom. The molecular formula is C19H19N3O3. The van der Waals surface area contributed by atoms with Gasteiger partial charge in [-0.15, -0.1) is 0 Å². The first-order chi connectivity index (χ1) is 12.3. The van der Waals surface area contributed by atoms with Gasteiger partial charge in [-0.3, -0.25) is 4.79 Å². The highest BCUT2D eigenvalue weighted by Crippen LogP contribution is 2.25. The molecule has 0 spiro atoms. The molecular weight excluding hydrogens is 318 g/mol. The average molecular weight is 337 g/mol. The van der Waals surface area contributed by atoms with Crippen molar-refractivity contribution in [2.75, 3.05) is 19.0 Å². The van der Waals surface area contributed by atoms with Crippen molar-refractivity contribution in [2.24, 2.45) is 0 Å². The average Bonchev–Trinajstić information content (AvgIpc) is 3.07. The van der Waals surface area contributed by atoms with E-state index in [1.807, 2.05) is 42.5 Å². The van der Waals surface area contributed by atoms with Crippen LogP contribution in [0.15, 0.2) is 66.9 Å². The molecule has 0 radical (unpaired) electrons. The van der Waals surface area contributed by atoms with Gasteiger partial charge in [0.15, 0.2) is 18.1 Å². The lowest BCUT2D eigenvalue weighted by Gasteiger charge is -2.11. The quantitative estimate of drug-likeness (QED) is 0.720. The largest absolute Gasteiger partial charge is 0.493 e. The normalized spacial score (nSPS) is 10.3. The van der Waals surface area contributed by atoms with Crippen LogP contribution in [0.3, 0.4) is 0 Å². The van der Waals surface area contributed by atoms with Gasteiger partial charge in [-0.2, -0.15) is 5.10 Å². The molecule has 1 N–H and O–H groups in total. The monoisotopic (exact) mass is 337 g/mol. The molecule has 3 aromatic rings. The third-order valence-corrected chi connectivity index (χ3v) is 3.59. The summed E-state index contributed by atoms with van der Waals surface area (Å²) in [7, 11) is 1.56. The zero-order valence-electron chi connectivity index (χ0n) is 13.9. The number of nitrogens with one attached hydrogen (secondary N) is 1. The first-order valence-electron chi connectivity index (χ1n) is 7.87. The molecule has 25 heavy (non-hydrogen) atoms. The summed E-state index contributed by atoms with van der Waals surface area (Å²) in [5, 5.41) is 7.07. The van der Waals surface area contributed by atoms with Gasteiger partial charge in [0.25, 0.3) is 5.91 Å². The molecule has 1 amide bonds. The van der Waals surface area contributed by atoms with Gasteiger partial charge in [-0.05, 0) is 17.7 Å². The first-order valence-corrected chi connectivity index (χ1v) is 7.87. The first kappa shape index (κ1) is 16.6. The van der Waals surface area contributed by atoms with Crippen LogP contribution in [0.1, 0.15) is 5.56 Å². The van der Waals surface area contributed by atoms with Crippen LogP contribution in [0.5, 0.6) is 11.5 Å². The molecule has 0 aliphatic heterocycles. The van der Waals surface area contributed by atoms with E-state index in [1.54, 1.807) is 36.2 Å². The Kier molecular flexibility index (Phi) is 5.31. The van der Waals surface area contributed by atoms with Gasteiger partial charge in [0, 0.05) is 6.07 Å². The molecule has 6 nitrogen and oxygen atoms in total. The minimum Gasteiger partial charge on any atom is -0.493 e. The number of nitrogens with zero attached hydrogens (tertiary/aromatic N) is 2. The molecule has 0 saturated heterocycles. The van der Waals surface area contributed by atoms with Crippen molar-refractivity contribution in [3.05, 3.63) is 72.4 Å². The minimum absolute atomic E-state index is 0.114. The van der Waals surface area contributed by atoms with Crippen LogP contribution in [-0.4, -0.2) is 29.4 Å². The number of carbonyl (C=O) groups is 1. The standard InChI is InChI=1S/C19H19N3O3/c1-24-16-9-5-6-10-17(16)25-14-19(23)21-18-11-12-20-22(18)13-15-7-3-2-4-8-15/h2-12H,13-14H2,1H3,(H,21,23). The van der Waals surface area contributed by atoms with E-state index < -0.39 is 0 Å². The molecule has 0 aliphatic rings. The lowest BCUT2D eigenvalue weighted by atomic mass is 10.2. The summed E-state index contributed by atoms with van der Waals surface area (Å²) in [4.78, 5) is 12.2. The number of anilines is 1. The van der Waals surface area contributed by atoms with Crippen molar-refractivity contribution in [3.63, 3.8) is 0 Å². The van der Waals surface area contributed by atoms with Crippen molar-refractivity contribution in [1.82, 2.24) is 9.78 Å². The van der Waals surface area contributed by atoms with E-state index in [-0.39, 0.29) is 12.5 Å². The SMILES string of the molecule is COc1ccccc1OCC(=O)Nc1ccnn1Cc1ccccc1. The molecule has 3 rings (SSSR count). The molecule has 1 aromatic heterocycles. The number of rotatable bonds is 7. The third-order valence-electron chi connectivity index (χ3n) is 3.59. The van der Waals surface area contributed by atoms with Crippen LogP contribution in [0, 0.1) is 0 Å². The fourth-order valence-electron chi connectivity index (χ4n) is 2.38. The zero-order chi connectivity index (χ0) is 17.5. The minimum atomic E-state index is -0.263. The molecule has 1 heterocycles. The molecule has 0 atom stereocenters. The number of hydrogen-bond acceptors (Lipinski definition) is 4. The summed E-state index contributed by atoms with van der Waals surface area (Å²) in [5.41, 5.74) is 1.10. The van der Waals surface area contributed by atoms with E-state index in [1.165, 1.54) is 0 Å². The third kappa shape index (κ3) is 4.38. The number of methoxy groups -OCH3 is 1. The number of amides is 1. The molecule has 128 valence electrons. The second-order valence-electron chi connectivity index (χ2n) is 5.35. The van der Waals surface area contributed by atoms with Crippen LogP contribution in [0.4, 0.5) is 5.82 Å². The molecule has 2 aromatic carbocycles. The lowest BCUT2D eigenvalue weighted by molar-refractivity contribution is -0.118. The van der Waals surface area contributed by atoms with Gasteiger partial charge in [0.2, 0.25) is 0 Å². The summed E-state index contributed by atoms with van der Waals surface area (Å²) in [6.07, 6.45) is 1.65. The predicted molar refractivity (Wildman–Crippen MR) is 94.9 cm³/mol. The molecule has 0 bridgehead atoms. The van der Waals surface area contributed by atoms with Gasteiger partial charge in [0.1, 0.15) is 5.82 Å². The fraction of sp³-hybridized carbons (Fsp3) is 0.158. The summed E-state index contributed by atoms with van der Waals surface area (Å²) in [5.74, 6) is 1.47. The topological polar surface area (TPSA) is 65.4 Å². The highest BCUT2D eigenvalue weighted by molar-refractivity contribution is 5.91. The zero-order valence-corrected chi connectivity index (χ0v) is 13.9. The number of aromatic nitrogens is 2. The van der Waals surface area contributed by atoms with Crippen LogP contribution in [0.2, 0.25) is 0 Å². The number of hydrogen-bond donors (Lipinski definition) is 1. The highest BCUT2D eigenvalue weighted by Gasteiger charge is 2.10. The number of para-hydroxylation sites is 2. The Labute approximate surface area is 146 Å². The number of benzene rings is 2. The Hall–Kier alpha value is -3.28. The molecule has 0 fully saturated rings. The van der Waals surface area contributed by atoms with Crippen LogP contribution in [-0.2, 0) is 11.3 Å². The van der Waals surface area contributed by atoms with Crippen molar-refractivity contribution in [3.8, 4) is 11.5 Å². The lowest BCUT2D eigenvalue weighted by Crippen LogP contribution is -2.22. The van der Waals surface area contributed by atoms with E-state index in [0.717, 1.165) is 5.56 Å². The predicted octanol–water partition coefficient (Wildman–Crippen LogP) is 2.96. The maximum atomic E-state index is 12.2. The second kappa shape index (κ2) is 8.01. The maximum Gasteiger partial charge on any atom is 0.263 e.